The smallest absolute Gasteiger partial charge is 0.145 e. The average Bonchev–Trinajstić information content (AvgIpc) is 3.30. The summed E-state index contributed by atoms with van der Waals surface area (Å²) in [5.41, 5.74) is 7.57. The molecule has 3 heterocycles. The number of aliphatic hydroxyl groups excluding tert-OH is 1. The van der Waals surface area contributed by atoms with Gasteiger partial charge in [-0.3, -0.25) is 4.98 Å². The van der Waals surface area contributed by atoms with Crippen LogP contribution in [0.2, 0.25) is 0 Å². The summed E-state index contributed by atoms with van der Waals surface area (Å²) in [7, 11) is 0. The Morgan fingerprint density at radius 1 is 1.06 bits per heavy atom. The molecule has 174 valence electrons. The number of aliphatic hydroxyl groups is 1. The molecule has 0 aliphatic carbocycles. The van der Waals surface area contributed by atoms with Crippen LogP contribution in [0, 0.1) is 11.3 Å². The fourth-order valence-corrected chi connectivity index (χ4v) is 4.54. The predicted molar refractivity (Wildman–Crippen MR) is 141 cm³/mol. The van der Waals surface area contributed by atoms with E-state index in [4.69, 9.17) is 10.1 Å². The van der Waals surface area contributed by atoms with Crippen LogP contribution in [0.5, 0.6) is 0 Å². The molecule has 3 aromatic heterocycles. The Hall–Kier alpha value is -4.21. The van der Waals surface area contributed by atoms with Crippen molar-refractivity contribution in [3.8, 4) is 22.9 Å². The normalized spacial score (nSPS) is 11.1. The Bertz CT molecular complexity index is 1550. The van der Waals surface area contributed by atoms with Gasteiger partial charge in [0, 0.05) is 53.8 Å². The Morgan fingerprint density at radius 2 is 1.94 bits per heavy atom. The maximum Gasteiger partial charge on any atom is 0.145 e. The number of fused-ring (bicyclic) bond motifs is 2. The number of hydrogen-bond acceptors (Lipinski definition) is 5. The third-order valence-electron chi connectivity index (χ3n) is 6.35. The summed E-state index contributed by atoms with van der Waals surface area (Å²) in [6, 6.07) is 20.5. The van der Waals surface area contributed by atoms with E-state index < -0.39 is 0 Å². The van der Waals surface area contributed by atoms with Crippen molar-refractivity contribution in [2.45, 2.75) is 26.2 Å². The fourth-order valence-electron chi connectivity index (χ4n) is 4.54. The van der Waals surface area contributed by atoms with E-state index in [2.05, 4.69) is 52.3 Å². The molecular weight excluding hydrogens is 434 g/mol. The molecule has 6 heteroatoms. The molecule has 0 unspecified atom stereocenters. The van der Waals surface area contributed by atoms with Crippen LogP contribution in [-0.4, -0.2) is 32.8 Å². The molecular formula is C29H27N5O. The third-order valence-corrected chi connectivity index (χ3v) is 6.35. The molecule has 2 N–H and O–H groups in total. The number of benzene rings is 2. The van der Waals surface area contributed by atoms with Crippen molar-refractivity contribution < 1.29 is 5.11 Å². The molecule has 35 heavy (non-hydrogen) atoms. The number of nitriles is 1. The molecule has 0 amide bonds. The number of hydrogen-bond donors (Lipinski definition) is 2. The highest BCUT2D eigenvalue weighted by Gasteiger charge is 2.16. The first-order valence-corrected chi connectivity index (χ1v) is 12.0. The van der Waals surface area contributed by atoms with Gasteiger partial charge in [0.15, 0.2) is 0 Å². The van der Waals surface area contributed by atoms with Crippen LogP contribution in [0.4, 0.5) is 5.69 Å². The van der Waals surface area contributed by atoms with Crippen LogP contribution in [0.1, 0.15) is 30.9 Å². The lowest BCUT2D eigenvalue weighted by molar-refractivity contribution is 0.286. The number of aryl methyl sites for hydroxylation is 1. The highest BCUT2D eigenvalue weighted by Crippen LogP contribution is 2.34. The molecule has 0 bridgehead atoms. The summed E-state index contributed by atoms with van der Waals surface area (Å²) in [6.45, 7) is 3.02. The number of nitrogens with zero attached hydrogens (tertiary/aromatic N) is 4. The molecule has 0 aliphatic rings. The lowest BCUT2D eigenvalue weighted by atomic mass is 10.0. The van der Waals surface area contributed by atoms with Gasteiger partial charge in [-0.2, -0.15) is 5.26 Å². The van der Waals surface area contributed by atoms with E-state index >= 15 is 0 Å². The standard InChI is InChI=1S/C29H27N5O/c1-2-20-19-34(24-10-9-22(17-30)27(16-24)31-12-5-6-14-35)29-28(20)25(11-13-32-29)23-15-21-7-3-4-8-26(21)33-18-23/h3-4,7-11,13,15-16,18-19,31,35H,2,5-6,12,14H2,1H3. The van der Waals surface area contributed by atoms with E-state index in [0.29, 0.717) is 12.1 Å². The summed E-state index contributed by atoms with van der Waals surface area (Å²) in [5, 5.41) is 24.2. The SMILES string of the molecule is CCc1cn(-c2ccc(C#N)c(NCCCCO)c2)c2nccc(-c3cnc4ccccc4c3)c12. The lowest BCUT2D eigenvalue weighted by Gasteiger charge is -2.12. The zero-order valence-electron chi connectivity index (χ0n) is 19.7. The minimum Gasteiger partial charge on any atom is -0.396 e. The fraction of sp³-hybridized carbons (Fsp3) is 0.207. The van der Waals surface area contributed by atoms with Crippen LogP contribution in [0.15, 0.2) is 73.2 Å². The second-order valence-electron chi connectivity index (χ2n) is 8.55. The van der Waals surface area contributed by atoms with E-state index in [-0.39, 0.29) is 6.61 Å². The Balaban J connectivity index is 1.62. The molecule has 0 atom stereocenters. The van der Waals surface area contributed by atoms with Gasteiger partial charge in [0.2, 0.25) is 0 Å². The average molecular weight is 462 g/mol. The summed E-state index contributed by atoms with van der Waals surface area (Å²) in [6.07, 6.45) is 8.36. The maximum atomic E-state index is 9.58. The lowest BCUT2D eigenvalue weighted by Crippen LogP contribution is -2.05. The number of rotatable bonds is 8. The van der Waals surface area contributed by atoms with Gasteiger partial charge in [0.1, 0.15) is 11.7 Å². The number of unbranched alkanes of at least 4 members (excludes halogenated alkanes) is 1. The molecule has 0 fully saturated rings. The molecule has 0 saturated heterocycles. The minimum absolute atomic E-state index is 0.169. The molecule has 0 spiro atoms. The van der Waals surface area contributed by atoms with Crippen molar-refractivity contribution >= 4 is 27.6 Å². The predicted octanol–water partition coefficient (Wildman–Crippen LogP) is 5.86. The van der Waals surface area contributed by atoms with Gasteiger partial charge in [-0.05, 0) is 66.8 Å². The highest BCUT2D eigenvalue weighted by molar-refractivity contribution is 5.98. The van der Waals surface area contributed by atoms with E-state index in [0.717, 1.165) is 63.7 Å². The largest absolute Gasteiger partial charge is 0.396 e. The highest BCUT2D eigenvalue weighted by atomic mass is 16.2. The molecule has 5 aromatic rings. The van der Waals surface area contributed by atoms with Gasteiger partial charge in [0.25, 0.3) is 0 Å². The molecule has 6 nitrogen and oxygen atoms in total. The third kappa shape index (κ3) is 4.34. The van der Waals surface area contributed by atoms with Gasteiger partial charge >= 0.3 is 0 Å². The van der Waals surface area contributed by atoms with Crippen molar-refractivity contribution in [1.82, 2.24) is 14.5 Å². The Kier molecular flexibility index (Phi) is 6.42. The zero-order valence-corrected chi connectivity index (χ0v) is 19.7. The first-order valence-electron chi connectivity index (χ1n) is 12.0. The number of pyridine rings is 2. The summed E-state index contributed by atoms with van der Waals surface area (Å²) in [5.74, 6) is 0. The van der Waals surface area contributed by atoms with Crippen LogP contribution in [0.3, 0.4) is 0 Å². The maximum absolute atomic E-state index is 9.58. The van der Waals surface area contributed by atoms with Gasteiger partial charge in [-0.15, -0.1) is 0 Å². The number of aromatic nitrogens is 3. The summed E-state index contributed by atoms with van der Waals surface area (Å²) in [4.78, 5) is 9.44. The van der Waals surface area contributed by atoms with E-state index in [1.165, 1.54) is 5.56 Å². The first-order chi connectivity index (χ1) is 17.2. The molecule has 0 aliphatic heterocycles. The van der Waals surface area contributed by atoms with Crippen molar-refractivity contribution in [1.29, 1.82) is 5.26 Å². The van der Waals surface area contributed by atoms with Crippen molar-refractivity contribution in [2.24, 2.45) is 0 Å². The van der Waals surface area contributed by atoms with E-state index in [1.807, 2.05) is 48.8 Å². The molecule has 5 rings (SSSR count). The van der Waals surface area contributed by atoms with Crippen molar-refractivity contribution in [3.05, 3.63) is 84.3 Å². The van der Waals surface area contributed by atoms with Crippen molar-refractivity contribution in [3.63, 3.8) is 0 Å². The van der Waals surface area contributed by atoms with Crippen molar-refractivity contribution in [2.75, 3.05) is 18.5 Å². The van der Waals surface area contributed by atoms with Gasteiger partial charge in [-0.1, -0.05) is 25.1 Å². The molecule has 0 saturated carbocycles. The van der Waals surface area contributed by atoms with Gasteiger partial charge in [0.05, 0.1) is 16.8 Å². The molecule has 0 radical (unpaired) electrons. The minimum atomic E-state index is 0.169. The number of nitrogens with one attached hydrogen (secondary N) is 1. The number of anilines is 1. The quantitative estimate of drug-likeness (QED) is 0.283. The van der Waals surface area contributed by atoms with E-state index in [1.54, 1.807) is 0 Å². The molecule has 2 aromatic carbocycles. The van der Waals surface area contributed by atoms with Gasteiger partial charge in [-0.25, -0.2) is 4.98 Å². The second kappa shape index (κ2) is 9.96. The second-order valence-corrected chi connectivity index (χ2v) is 8.55. The number of para-hydroxylation sites is 1. The van der Waals surface area contributed by atoms with Crippen LogP contribution >= 0.6 is 0 Å². The summed E-state index contributed by atoms with van der Waals surface area (Å²) >= 11 is 0. The monoisotopic (exact) mass is 461 g/mol. The van der Waals surface area contributed by atoms with Crippen LogP contribution in [-0.2, 0) is 6.42 Å². The Labute approximate surface area is 204 Å². The summed E-state index contributed by atoms with van der Waals surface area (Å²) < 4.78 is 2.10. The van der Waals surface area contributed by atoms with Gasteiger partial charge < -0.3 is 15.0 Å². The Morgan fingerprint density at radius 3 is 2.77 bits per heavy atom. The van der Waals surface area contributed by atoms with Crippen LogP contribution in [0.25, 0.3) is 38.8 Å². The first kappa shape index (κ1) is 22.6. The topological polar surface area (TPSA) is 86.8 Å². The van der Waals surface area contributed by atoms with E-state index in [9.17, 15) is 5.26 Å². The van der Waals surface area contributed by atoms with Crippen LogP contribution < -0.4 is 5.32 Å². The zero-order chi connectivity index (χ0) is 24.2.